The Morgan fingerprint density at radius 1 is 1.04 bits per heavy atom. The van der Waals surface area contributed by atoms with Crippen molar-refractivity contribution in [3.8, 4) is 11.3 Å². The largest absolute Gasteiger partial charge is 0.322 e. The molecular formula is C22H18IN3O. The molecule has 0 saturated carbocycles. The molecule has 1 amide bonds. The first-order valence-electron chi connectivity index (χ1n) is 8.63. The van der Waals surface area contributed by atoms with Gasteiger partial charge in [-0.15, -0.1) is 0 Å². The number of benzene rings is 2. The van der Waals surface area contributed by atoms with Gasteiger partial charge in [-0.2, -0.15) is 0 Å². The number of pyridine rings is 1. The van der Waals surface area contributed by atoms with Gasteiger partial charge >= 0.3 is 0 Å². The van der Waals surface area contributed by atoms with Crippen LogP contribution in [-0.2, 0) is 0 Å². The zero-order valence-corrected chi connectivity index (χ0v) is 17.2. The summed E-state index contributed by atoms with van der Waals surface area (Å²) in [6.45, 7) is 4.04. The predicted octanol–water partition coefficient (Wildman–Crippen LogP) is 5.48. The zero-order valence-electron chi connectivity index (χ0n) is 15.0. The Bertz CT molecular complexity index is 1160. The maximum absolute atomic E-state index is 12.6. The second kappa shape index (κ2) is 7.15. The second-order valence-corrected chi connectivity index (χ2v) is 7.79. The van der Waals surface area contributed by atoms with Gasteiger partial charge in [0.2, 0.25) is 0 Å². The molecule has 0 unspecified atom stereocenters. The number of nitrogens with zero attached hydrogens (tertiary/aromatic N) is 2. The van der Waals surface area contributed by atoms with Crippen molar-refractivity contribution in [2.75, 3.05) is 5.32 Å². The number of fused-ring (bicyclic) bond motifs is 1. The Morgan fingerprint density at radius 2 is 1.89 bits per heavy atom. The molecule has 134 valence electrons. The van der Waals surface area contributed by atoms with Gasteiger partial charge in [-0.1, -0.05) is 24.3 Å². The summed E-state index contributed by atoms with van der Waals surface area (Å²) in [5.41, 5.74) is 6.38. The monoisotopic (exact) mass is 467 g/mol. The molecule has 27 heavy (non-hydrogen) atoms. The second-order valence-electron chi connectivity index (χ2n) is 6.54. The smallest absolute Gasteiger partial charge is 0.255 e. The number of amides is 1. The summed E-state index contributed by atoms with van der Waals surface area (Å²) < 4.78 is 3.06. The molecule has 4 aromatic rings. The third-order valence-electron chi connectivity index (χ3n) is 4.55. The molecule has 4 nitrogen and oxygen atoms in total. The number of aromatic nitrogens is 2. The number of anilines is 1. The number of aryl methyl sites for hydroxylation is 2. The van der Waals surface area contributed by atoms with Crippen LogP contribution in [0.25, 0.3) is 16.9 Å². The Kier molecular flexibility index (Phi) is 4.70. The molecule has 5 heteroatoms. The van der Waals surface area contributed by atoms with E-state index in [-0.39, 0.29) is 5.91 Å². The minimum Gasteiger partial charge on any atom is -0.322 e. The first-order valence-corrected chi connectivity index (χ1v) is 9.71. The lowest BCUT2D eigenvalue weighted by atomic mass is 10.1. The highest BCUT2D eigenvalue weighted by atomic mass is 127. The highest BCUT2D eigenvalue weighted by Crippen LogP contribution is 2.26. The molecule has 0 atom stereocenters. The van der Waals surface area contributed by atoms with Gasteiger partial charge in [0.15, 0.2) is 0 Å². The van der Waals surface area contributed by atoms with Gasteiger partial charge in [-0.3, -0.25) is 4.79 Å². The van der Waals surface area contributed by atoms with E-state index >= 15 is 0 Å². The zero-order chi connectivity index (χ0) is 19.0. The van der Waals surface area contributed by atoms with E-state index < -0.39 is 0 Å². The van der Waals surface area contributed by atoms with Crippen LogP contribution >= 0.6 is 22.6 Å². The van der Waals surface area contributed by atoms with Crippen LogP contribution in [0.15, 0.2) is 67.0 Å². The number of hydrogen-bond acceptors (Lipinski definition) is 2. The van der Waals surface area contributed by atoms with Crippen molar-refractivity contribution in [1.82, 2.24) is 9.38 Å². The highest BCUT2D eigenvalue weighted by molar-refractivity contribution is 14.1. The van der Waals surface area contributed by atoms with Crippen molar-refractivity contribution in [3.63, 3.8) is 0 Å². The van der Waals surface area contributed by atoms with Crippen molar-refractivity contribution in [2.45, 2.75) is 13.8 Å². The van der Waals surface area contributed by atoms with E-state index in [0.717, 1.165) is 37.3 Å². The fourth-order valence-electron chi connectivity index (χ4n) is 3.03. The minimum absolute atomic E-state index is 0.111. The van der Waals surface area contributed by atoms with Gasteiger partial charge < -0.3 is 9.72 Å². The average Bonchev–Trinajstić information content (AvgIpc) is 3.09. The van der Waals surface area contributed by atoms with Crippen molar-refractivity contribution < 1.29 is 4.79 Å². The van der Waals surface area contributed by atoms with E-state index in [1.54, 1.807) is 0 Å². The summed E-state index contributed by atoms with van der Waals surface area (Å²) in [5, 5.41) is 3.03. The summed E-state index contributed by atoms with van der Waals surface area (Å²) in [6, 6.07) is 17.6. The number of hydrogen-bond donors (Lipinski definition) is 1. The van der Waals surface area contributed by atoms with Crippen molar-refractivity contribution in [2.24, 2.45) is 0 Å². The number of nitrogens with one attached hydrogen (secondary N) is 1. The highest BCUT2D eigenvalue weighted by Gasteiger charge is 2.11. The Morgan fingerprint density at radius 3 is 2.67 bits per heavy atom. The lowest BCUT2D eigenvalue weighted by Crippen LogP contribution is -2.13. The number of imidazole rings is 1. The number of carbonyl (C=O) groups excluding carboxylic acids is 1. The quantitative estimate of drug-likeness (QED) is 0.406. The lowest BCUT2D eigenvalue weighted by molar-refractivity contribution is 0.102. The molecule has 2 heterocycles. The number of halogens is 1. The lowest BCUT2D eigenvalue weighted by Gasteiger charge is -2.10. The standard InChI is InChI=1S/C22H18IN3O/c1-14-8-9-16(20-13-26-10-4-5-15(2)21(26)24-20)12-19(14)25-22(27)17-6-3-7-18(23)11-17/h3-13H,1-2H3,(H,25,27). The minimum atomic E-state index is -0.111. The van der Waals surface area contributed by atoms with Gasteiger partial charge in [-0.05, 0) is 77.9 Å². The number of rotatable bonds is 3. The molecule has 0 bridgehead atoms. The molecule has 0 aliphatic heterocycles. The molecule has 0 spiro atoms. The van der Waals surface area contributed by atoms with Crippen LogP contribution in [0.3, 0.4) is 0 Å². The van der Waals surface area contributed by atoms with Crippen LogP contribution in [-0.4, -0.2) is 15.3 Å². The van der Waals surface area contributed by atoms with Crippen LogP contribution in [0.2, 0.25) is 0 Å². The average molecular weight is 467 g/mol. The maximum Gasteiger partial charge on any atom is 0.255 e. The third-order valence-corrected chi connectivity index (χ3v) is 5.22. The van der Waals surface area contributed by atoms with E-state index in [4.69, 9.17) is 4.98 Å². The van der Waals surface area contributed by atoms with Gasteiger partial charge in [0.1, 0.15) is 5.65 Å². The summed E-state index contributed by atoms with van der Waals surface area (Å²) in [6.07, 6.45) is 4.00. The summed E-state index contributed by atoms with van der Waals surface area (Å²) in [7, 11) is 0. The van der Waals surface area contributed by atoms with Crippen LogP contribution < -0.4 is 5.32 Å². The van der Waals surface area contributed by atoms with Gasteiger partial charge in [0, 0.05) is 32.8 Å². The molecule has 0 radical (unpaired) electrons. The molecule has 2 aromatic carbocycles. The van der Waals surface area contributed by atoms with Crippen LogP contribution in [0.5, 0.6) is 0 Å². The van der Waals surface area contributed by atoms with Crippen LogP contribution in [0, 0.1) is 17.4 Å². The molecular weight excluding hydrogens is 449 g/mol. The summed E-state index contributed by atoms with van der Waals surface area (Å²) in [4.78, 5) is 17.4. The van der Waals surface area contributed by atoms with Crippen LogP contribution in [0.1, 0.15) is 21.5 Å². The summed E-state index contributed by atoms with van der Waals surface area (Å²) >= 11 is 2.21. The Labute approximate surface area is 171 Å². The molecule has 2 aromatic heterocycles. The normalized spacial score (nSPS) is 10.9. The van der Waals surface area contributed by atoms with E-state index in [2.05, 4.69) is 27.9 Å². The van der Waals surface area contributed by atoms with Crippen molar-refractivity contribution in [1.29, 1.82) is 0 Å². The number of carbonyl (C=O) groups is 1. The Hall–Kier alpha value is -2.67. The van der Waals surface area contributed by atoms with Gasteiger partial charge in [-0.25, -0.2) is 4.98 Å². The van der Waals surface area contributed by atoms with Gasteiger partial charge in [0.05, 0.1) is 5.69 Å². The molecule has 1 N–H and O–H groups in total. The SMILES string of the molecule is Cc1ccc(-c2cn3cccc(C)c3n2)cc1NC(=O)c1cccc(I)c1. The fraction of sp³-hybridized carbons (Fsp3) is 0.0909. The molecule has 0 aliphatic carbocycles. The van der Waals surface area contributed by atoms with E-state index in [9.17, 15) is 4.79 Å². The molecule has 0 aliphatic rings. The molecule has 0 fully saturated rings. The van der Waals surface area contributed by atoms with E-state index in [0.29, 0.717) is 5.56 Å². The topological polar surface area (TPSA) is 46.4 Å². The Balaban J connectivity index is 1.68. The van der Waals surface area contributed by atoms with E-state index in [1.807, 2.05) is 85.2 Å². The van der Waals surface area contributed by atoms with E-state index in [1.165, 1.54) is 0 Å². The fourth-order valence-corrected chi connectivity index (χ4v) is 3.58. The molecule has 4 rings (SSSR count). The van der Waals surface area contributed by atoms with Gasteiger partial charge in [0.25, 0.3) is 5.91 Å². The predicted molar refractivity (Wildman–Crippen MR) is 117 cm³/mol. The first-order chi connectivity index (χ1) is 13.0. The third kappa shape index (κ3) is 3.60. The maximum atomic E-state index is 12.6. The first kappa shape index (κ1) is 17.7. The van der Waals surface area contributed by atoms with Crippen molar-refractivity contribution >= 4 is 39.8 Å². The molecule has 0 saturated heterocycles. The summed E-state index contributed by atoms with van der Waals surface area (Å²) in [5.74, 6) is -0.111. The van der Waals surface area contributed by atoms with Crippen LogP contribution in [0.4, 0.5) is 5.69 Å². The van der Waals surface area contributed by atoms with Crippen molar-refractivity contribution in [3.05, 3.63) is 87.3 Å².